The summed E-state index contributed by atoms with van der Waals surface area (Å²) < 4.78 is 18.4. The fraction of sp³-hybridized carbons (Fsp3) is 0.0667. The van der Waals surface area contributed by atoms with Crippen molar-refractivity contribution < 1.29 is 8.91 Å². The zero-order valence-electron chi connectivity index (χ0n) is 11.1. The van der Waals surface area contributed by atoms with Crippen molar-refractivity contribution in [2.75, 3.05) is 5.73 Å². The van der Waals surface area contributed by atoms with Crippen molar-refractivity contribution in [2.45, 2.75) is 6.92 Å². The number of hydrogen-bond donors (Lipinski definition) is 1. The molecule has 0 aliphatic heterocycles. The van der Waals surface area contributed by atoms with E-state index in [1.807, 2.05) is 19.1 Å². The third kappa shape index (κ3) is 2.48. The summed E-state index contributed by atoms with van der Waals surface area (Å²) in [6, 6.07) is 9.73. The number of hydrogen-bond acceptors (Lipinski definition) is 4. The Labute approximate surface area is 125 Å². The molecule has 0 radical (unpaired) electrons. The summed E-state index contributed by atoms with van der Waals surface area (Å²) in [5.74, 6) is 0.208. The van der Waals surface area contributed by atoms with Crippen molar-refractivity contribution in [3.05, 3.63) is 52.8 Å². The molecule has 0 amide bonds. The van der Waals surface area contributed by atoms with E-state index in [4.69, 9.17) is 21.9 Å². The molecule has 0 bridgehead atoms. The molecule has 0 aliphatic carbocycles. The highest BCUT2D eigenvalue weighted by Gasteiger charge is 2.14. The SMILES string of the molecule is Cc1c(N)cccc1-c1nc(-c2ccc(F)c(Cl)c2)no1. The van der Waals surface area contributed by atoms with Crippen molar-refractivity contribution >= 4 is 17.3 Å². The highest BCUT2D eigenvalue weighted by molar-refractivity contribution is 6.31. The lowest BCUT2D eigenvalue weighted by molar-refractivity contribution is 0.432. The van der Waals surface area contributed by atoms with Crippen LogP contribution in [-0.2, 0) is 0 Å². The van der Waals surface area contributed by atoms with Gasteiger partial charge >= 0.3 is 0 Å². The molecule has 1 aromatic heterocycles. The number of nitrogens with zero attached hydrogens (tertiary/aromatic N) is 2. The molecule has 21 heavy (non-hydrogen) atoms. The van der Waals surface area contributed by atoms with Gasteiger partial charge in [-0.25, -0.2) is 4.39 Å². The monoisotopic (exact) mass is 303 g/mol. The maximum atomic E-state index is 13.2. The third-order valence-electron chi connectivity index (χ3n) is 3.21. The van der Waals surface area contributed by atoms with Crippen molar-refractivity contribution in [1.29, 1.82) is 0 Å². The van der Waals surface area contributed by atoms with Crippen molar-refractivity contribution in [3.63, 3.8) is 0 Å². The number of nitrogen functional groups attached to an aromatic ring is 1. The average molecular weight is 304 g/mol. The normalized spacial score (nSPS) is 10.8. The van der Waals surface area contributed by atoms with Gasteiger partial charge in [0.15, 0.2) is 0 Å². The Morgan fingerprint density at radius 1 is 1.24 bits per heavy atom. The molecule has 0 unspecified atom stereocenters. The van der Waals surface area contributed by atoms with Crippen LogP contribution in [-0.4, -0.2) is 10.1 Å². The molecular weight excluding hydrogens is 293 g/mol. The lowest BCUT2D eigenvalue weighted by Gasteiger charge is -2.03. The minimum absolute atomic E-state index is 0.0130. The predicted octanol–water partition coefficient (Wildman–Crippen LogP) is 4.09. The van der Waals surface area contributed by atoms with Crippen LogP contribution in [0.4, 0.5) is 10.1 Å². The molecule has 0 spiro atoms. The zero-order chi connectivity index (χ0) is 15.0. The summed E-state index contributed by atoms with van der Waals surface area (Å²) in [5, 5.41) is 3.91. The smallest absolute Gasteiger partial charge is 0.258 e. The van der Waals surface area contributed by atoms with E-state index < -0.39 is 5.82 Å². The van der Waals surface area contributed by atoms with E-state index in [0.717, 1.165) is 11.1 Å². The van der Waals surface area contributed by atoms with Crippen LogP contribution in [0.15, 0.2) is 40.9 Å². The number of anilines is 1. The van der Waals surface area contributed by atoms with Gasteiger partial charge in [-0.2, -0.15) is 4.98 Å². The molecule has 4 nitrogen and oxygen atoms in total. The first-order valence-corrected chi connectivity index (χ1v) is 6.58. The summed E-state index contributed by atoms with van der Waals surface area (Å²) in [7, 11) is 0. The van der Waals surface area contributed by atoms with Crippen LogP contribution < -0.4 is 5.73 Å². The van der Waals surface area contributed by atoms with Gasteiger partial charge in [0, 0.05) is 16.8 Å². The molecule has 2 aromatic carbocycles. The van der Waals surface area contributed by atoms with Gasteiger partial charge < -0.3 is 10.3 Å². The number of benzene rings is 2. The molecule has 0 saturated carbocycles. The fourth-order valence-electron chi connectivity index (χ4n) is 1.97. The minimum atomic E-state index is -0.490. The molecule has 106 valence electrons. The summed E-state index contributed by atoms with van der Waals surface area (Å²) in [5.41, 5.74) is 8.73. The summed E-state index contributed by atoms with van der Waals surface area (Å²) in [6.45, 7) is 1.88. The second-order valence-electron chi connectivity index (χ2n) is 4.57. The molecule has 0 fully saturated rings. The Kier molecular flexibility index (Phi) is 3.35. The highest BCUT2D eigenvalue weighted by atomic mass is 35.5. The van der Waals surface area contributed by atoms with E-state index in [2.05, 4.69) is 10.1 Å². The predicted molar refractivity (Wildman–Crippen MR) is 79.3 cm³/mol. The highest BCUT2D eigenvalue weighted by Crippen LogP contribution is 2.28. The van der Waals surface area contributed by atoms with Crippen LogP contribution in [0, 0.1) is 12.7 Å². The number of rotatable bonds is 2. The van der Waals surface area contributed by atoms with Gasteiger partial charge in [-0.3, -0.25) is 0 Å². The molecule has 2 N–H and O–H groups in total. The zero-order valence-corrected chi connectivity index (χ0v) is 11.9. The second-order valence-corrected chi connectivity index (χ2v) is 4.98. The van der Waals surface area contributed by atoms with Crippen LogP contribution in [0.1, 0.15) is 5.56 Å². The molecule has 3 aromatic rings. The van der Waals surface area contributed by atoms with Crippen LogP contribution >= 0.6 is 11.6 Å². The van der Waals surface area contributed by atoms with Crippen LogP contribution in [0.2, 0.25) is 5.02 Å². The maximum absolute atomic E-state index is 13.2. The topological polar surface area (TPSA) is 64.9 Å². The van der Waals surface area contributed by atoms with Crippen molar-refractivity contribution in [3.8, 4) is 22.8 Å². The Morgan fingerprint density at radius 2 is 2.05 bits per heavy atom. The van der Waals surface area contributed by atoms with E-state index in [-0.39, 0.29) is 5.02 Å². The van der Waals surface area contributed by atoms with Gasteiger partial charge in [-0.05, 0) is 42.8 Å². The molecule has 6 heteroatoms. The molecule has 0 saturated heterocycles. The number of aromatic nitrogens is 2. The van der Waals surface area contributed by atoms with Crippen LogP contribution in [0.25, 0.3) is 22.8 Å². The summed E-state index contributed by atoms with van der Waals surface area (Å²) in [4.78, 5) is 4.31. The third-order valence-corrected chi connectivity index (χ3v) is 3.50. The van der Waals surface area contributed by atoms with Gasteiger partial charge in [0.25, 0.3) is 5.89 Å². The molecular formula is C15H11ClFN3O. The fourth-order valence-corrected chi connectivity index (χ4v) is 2.15. The van der Waals surface area contributed by atoms with E-state index in [1.165, 1.54) is 12.1 Å². The Hall–Kier alpha value is -2.40. The Balaban J connectivity index is 2.03. The van der Waals surface area contributed by atoms with Crippen LogP contribution in [0.5, 0.6) is 0 Å². The standard InChI is InChI=1S/C15H11ClFN3O/c1-8-10(3-2-4-13(8)18)15-19-14(20-21-15)9-5-6-12(17)11(16)7-9/h2-7H,18H2,1H3. The number of nitrogens with two attached hydrogens (primary N) is 1. The molecule has 0 atom stereocenters. The van der Waals surface area contributed by atoms with Gasteiger partial charge in [0.05, 0.1) is 5.02 Å². The van der Waals surface area contributed by atoms with E-state index in [9.17, 15) is 4.39 Å². The largest absolute Gasteiger partial charge is 0.398 e. The maximum Gasteiger partial charge on any atom is 0.258 e. The first-order valence-electron chi connectivity index (χ1n) is 6.21. The van der Waals surface area contributed by atoms with Gasteiger partial charge in [0.1, 0.15) is 5.82 Å². The molecule has 1 heterocycles. The van der Waals surface area contributed by atoms with Crippen LogP contribution in [0.3, 0.4) is 0 Å². The quantitative estimate of drug-likeness (QED) is 0.724. The first kappa shape index (κ1) is 13.6. The van der Waals surface area contributed by atoms with Crippen molar-refractivity contribution in [2.24, 2.45) is 0 Å². The first-order chi connectivity index (χ1) is 10.1. The van der Waals surface area contributed by atoms with Crippen molar-refractivity contribution in [1.82, 2.24) is 10.1 Å². The van der Waals surface area contributed by atoms with Gasteiger partial charge in [-0.15, -0.1) is 0 Å². The Morgan fingerprint density at radius 3 is 2.81 bits per heavy atom. The summed E-state index contributed by atoms with van der Waals surface area (Å²) >= 11 is 5.76. The van der Waals surface area contributed by atoms with E-state index >= 15 is 0 Å². The van der Waals surface area contributed by atoms with Gasteiger partial charge in [0.2, 0.25) is 5.82 Å². The van der Waals surface area contributed by atoms with E-state index in [0.29, 0.717) is 23.0 Å². The van der Waals surface area contributed by atoms with Gasteiger partial charge in [-0.1, -0.05) is 22.8 Å². The molecule has 3 rings (SSSR count). The molecule has 0 aliphatic rings. The summed E-state index contributed by atoms with van der Waals surface area (Å²) in [6.07, 6.45) is 0. The Bertz CT molecular complexity index is 816. The number of halogens is 2. The lowest BCUT2D eigenvalue weighted by atomic mass is 10.1. The minimum Gasteiger partial charge on any atom is -0.398 e. The lowest BCUT2D eigenvalue weighted by Crippen LogP contribution is -1.92. The second kappa shape index (κ2) is 5.18. The van der Waals surface area contributed by atoms with E-state index in [1.54, 1.807) is 12.1 Å². The average Bonchev–Trinajstić information content (AvgIpc) is 2.94.